The molecule has 6 aromatic rings. The van der Waals surface area contributed by atoms with E-state index in [2.05, 4.69) is 43.1 Å². The molecule has 0 spiro atoms. The van der Waals surface area contributed by atoms with Crippen molar-refractivity contribution >= 4 is 38.4 Å². The van der Waals surface area contributed by atoms with Crippen LogP contribution in [0.25, 0.3) is 22.1 Å². The van der Waals surface area contributed by atoms with Crippen LogP contribution < -0.4 is 20.7 Å². The third-order valence-electron chi connectivity index (χ3n) is 8.68. The lowest BCUT2D eigenvalue weighted by molar-refractivity contribution is 0.0941. The standard InChI is InChI=1S/C33H27N9O4S/c1-18(37-32(43)28-30(39-47(34,45)46)38-41-14-6-13-35-31(28)41)29-27-24-15-23(24)22-12-11-20(10-9-19-16-36-40(2)17-19)25(26(22)27)33(44)42(29)21-7-4-3-5-8-21/h3-8,11-14,16-18,23-24H,15H2,1-2H3,(H,37,43)(H,38,39)(H2,34,45,46)/t18-,23+,24+/m1/s1. The van der Waals surface area contributed by atoms with Gasteiger partial charge >= 0.3 is 0 Å². The Labute approximate surface area is 268 Å². The van der Waals surface area contributed by atoms with Crippen LogP contribution in [0.1, 0.15) is 69.5 Å². The molecule has 0 unspecified atom stereocenters. The first-order valence-corrected chi connectivity index (χ1v) is 16.4. The molecule has 2 aromatic carbocycles. The highest BCUT2D eigenvalue weighted by Crippen LogP contribution is 2.64. The molecule has 4 heterocycles. The maximum absolute atomic E-state index is 14.7. The Morgan fingerprint density at radius 2 is 1.89 bits per heavy atom. The number of anilines is 1. The predicted octanol–water partition coefficient (Wildman–Crippen LogP) is 2.86. The van der Waals surface area contributed by atoms with Crippen LogP contribution in [0.3, 0.4) is 0 Å². The van der Waals surface area contributed by atoms with Crippen molar-refractivity contribution in [3.05, 3.63) is 117 Å². The number of nitrogens with one attached hydrogen (secondary N) is 2. The van der Waals surface area contributed by atoms with Crippen LogP contribution in [-0.4, -0.2) is 43.3 Å². The number of rotatable bonds is 6. The van der Waals surface area contributed by atoms with E-state index in [9.17, 15) is 18.0 Å². The number of nitrogens with two attached hydrogens (primary N) is 1. The fourth-order valence-electron chi connectivity index (χ4n) is 6.77. The van der Waals surface area contributed by atoms with Gasteiger partial charge in [-0.05, 0) is 66.0 Å². The van der Waals surface area contributed by atoms with Crippen molar-refractivity contribution in [3.8, 4) is 17.5 Å². The van der Waals surface area contributed by atoms with Crippen molar-refractivity contribution in [2.45, 2.75) is 31.2 Å². The zero-order chi connectivity index (χ0) is 32.6. The molecule has 0 aliphatic heterocycles. The Bertz CT molecular complexity index is 2520. The number of carbonyl (C=O) groups is 1. The molecule has 1 amide bonds. The van der Waals surface area contributed by atoms with Gasteiger partial charge in [-0.25, -0.2) is 14.6 Å². The lowest BCUT2D eigenvalue weighted by Crippen LogP contribution is -2.34. The highest BCUT2D eigenvalue weighted by atomic mass is 32.2. The van der Waals surface area contributed by atoms with Crippen molar-refractivity contribution in [2.75, 3.05) is 4.72 Å². The molecule has 4 N–H and O–H groups in total. The second-order valence-corrected chi connectivity index (χ2v) is 13.1. The van der Waals surface area contributed by atoms with Gasteiger partial charge in [0.1, 0.15) is 5.56 Å². The zero-order valence-corrected chi connectivity index (χ0v) is 26.0. The molecule has 47 heavy (non-hydrogen) atoms. The molecule has 1 fully saturated rings. The summed E-state index contributed by atoms with van der Waals surface area (Å²) in [7, 11) is -2.44. The zero-order valence-electron chi connectivity index (χ0n) is 25.2. The Morgan fingerprint density at radius 1 is 1.09 bits per heavy atom. The van der Waals surface area contributed by atoms with Gasteiger partial charge in [0.2, 0.25) is 0 Å². The number of amides is 1. The van der Waals surface area contributed by atoms with Crippen LogP contribution in [0.15, 0.2) is 78.1 Å². The van der Waals surface area contributed by atoms with Crippen LogP contribution in [0, 0.1) is 11.8 Å². The summed E-state index contributed by atoms with van der Waals surface area (Å²) in [5.41, 5.74) is 4.53. The quantitative estimate of drug-likeness (QED) is 0.234. The molecule has 8 rings (SSSR count). The molecule has 0 saturated heterocycles. The van der Waals surface area contributed by atoms with E-state index in [1.165, 1.54) is 16.9 Å². The highest BCUT2D eigenvalue weighted by Gasteiger charge is 2.50. The molecule has 1 saturated carbocycles. The van der Waals surface area contributed by atoms with Gasteiger partial charge in [-0.2, -0.15) is 13.5 Å². The Kier molecular flexibility index (Phi) is 6.33. The third kappa shape index (κ3) is 4.75. The van der Waals surface area contributed by atoms with Crippen molar-refractivity contribution in [2.24, 2.45) is 12.2 Å². The summed E-state index contributed by atoms with van der Waals surface area (Å²) in [4.78, 5) is 32.9. The number of carbonyl (C=O) groups excluding carboxylic acids is 1. The highest BCUT2D eigenvalue weighted by molar-refractivity contribution is 7.90. The van der Waals surface area contributed by atoms with E-state index in [0.29, 0.717) is 22.3 Å². The topological polar surface area (TPSA) is 171 Å². The Morgan fingerprint density at radius 3 is 2.64 bits per heavy atom. The lowest BCUT2D eigenvalue weighted by atomic mass is 9.94. The van der Waals surface area contributed by atoms with Gasteiger partial charge in [-0.3, -0.25) is 23.6 Å². The van der Waals surface area contributed by atoms with E-state index in [0.717, 1.165) is 28.5 Å². The van der Waals surface area contributed by atoms with Gasteiger partial charge in [0.25, 0.3) is 21.7 Å². The molecule has 14 heteroatoms. The number of hydrogen-bond acceptors (Lipinski definition) is 7. The molecule has 0 bridgehead atoms. The number of aryl methyl sites for hydroxylation is 1. The van der Waals surface area contributed by atoms with Crippen LogP contribution in [0.4, 0.5) is 5.82 Å². The average Bonchev–Trinajstić information content (AvgIpc) is 3.40. The van der Waals surface area contributed by atoms with Crippen molar-refractivity contribution in [1.29, 1.82) is 0 Å². The number of fused-ring (bicyclic) bond motifs is 4. The summed E-state index contributed by atoms with van der Waals surface area (Å²) >= 11 is 0. The average molecular weight is 646 g/mol. The van der Waals surface area contributed by atoms with E-state index in [4.69, 9.17) is 5.14 Å². The summed E-state index contributed by atoms with van der Waals surface area (Å²) < 4.78 is 30.7. The van der Waals surface area contributed by atoms with Crippen LogP contribution in [-0.2, 0) is 17.3 Å². The van der Waals surface area contributed by atoms with Crippen molar-refractivity contribution in [1.82, 2.24) is 34.3 Å². The fourth-order valence-corrected chi connectivity index (χ4v) is 7.18. The molecule has 2 aliphatic carbocycles. The molecule has 234 valence electrons. The van der Waals surface area contributed by atoms with E-state index >= 15 is 0 Å². The first-order chi connectivity index (χ1) is 22.6. The Balaban J connectivity index is 1.31. The van der Waals surface area contributed by atoms with Crippen molar-refractivity contribution in [3.63, 3.8) is 0 Å². The van der Waals surface area contributed by atoms with Gasteiger partial charge in [0.05, 0.1) is 28.9 Å². The van der Waals surface area contributed by atoms with Gasteiger partial charge in [0.15, 0.2) is 11.5 Å². The SMILES string of the molecule is C[C@@H](NC(=O)c1c(NS(N)(=O)=O)nn2cccnc12)c1c2c3c(ccc(C#Cc4cnn(C)c4)c3c(=O)n1-c1ccccc1)[C@@H]1C[C@H]21. The largest absolute Gasteiger partial charge is 0.344 e. The van der Waals surface area contributed by atoms with Crippen LogP contribution >= 0.6 is 0 Å². The number of nitrogens with zero attached hydrogens (tertiary/aromatic N) is 6. The molecule has 3 atom stereocenters. The Hall–Kier alpha value is -5.78. The van der Waals surface area contributed by atoms with E-state index in [-0.39, 0.29) is 34.4 Å². The molecule has 4 aromatic heterocycles. The summed E-state index contributed by atoms with van der Waals surface area (Å²) in [6.07, 6.45) is 7.44. The van der Waals surface area contributed by atoms with Gasteiger partial charge in [-0.15, -0.1) is 5.10 Å². The van der Waals surface area contributed by atoms with E-state index in [1.54, 1.807) is 21.5 Å². The predicted molar refractivity (Wildman–Crippen MR) is 174 cm³/mol. The summed E-state index contributed by atoms with van der Waals surface area (Å²) in [5, 5.41) is 18.1. The maximum Gasteiger partial charge on any atom is 0.297 e. The van der Waals surface area contributed by atoms with Gasteiger partial charge in [-0.1, -0.05) is 36.1 Å². The fraction of sp³-hybridized carbons (Fsp3) is 0.182. The summed E-state index contributed by atoms with van der Waals surface area (Å²) in [6.45, 7) is 1.81. The van der Waals surface area contributed by atoms with Gasteiger partial charge in [0, 0.05) is 36.9 Å². The maximum atomic E-state index is 14.7. The number of pyridine rings is 1. The van der Waals surface area contributed by atoms with Crippen LogP contribution in [0.2, 0.25) is 0 Å². The van der Waals surface area contributed by atoms with Crippen molar-refractivity contribution < 1.29 is 13.2 Å². The summed E-state index contributed by atoms with van der Waals surface area (Å²) in [5.74, 6) is 5.92. The van der Waals surface area contributed by atoms with E-state index < -0.39 is 22.2 Å². The molecule has 13 nitrogen and oxygen atoms in total. The second-order valence-electron chi connectivity index (χ2n) is 11.8. The number of para-hydroxylation sites is 1. The normalized spacial score (nSPS) is 16.8. The molecular weight excluding hydrogens is 618 g/mol. The number of benzene rings is 2. The minimum Gasteiger partial charge on any atom is -0.344 e. The first-order valence-electron chi connectivity index (χ1n) is 14.9. The lowest BCUT2D eigenvalue weighted by Gasteiger charge is -2.25. The smallest absolute Gasteiger partial charge is 0.297 e. The first kappa shape index (κ1) is 28.7. The summed E-state index contributed by atoms with van der Waals surface area (Å²) in [6, 6.07) is 14.2. The molecular formula is C33H27N9O4S. The second kappa shape index (κ2) is 10.4. The third-order valence-corrected chi connectivity index (χ3v) is 9.16. The number of aromatic nitrogens is 6. The van der Waals surface area contributed by atoms with Gasteiger partial charge < -0.3 is 5.32 Å². The molecule has 0 radical (unpaired) electrons. The number of hydrogen-bond donors (Lipinski definition) is 3. The monoisotopic (exact) mass is 645 g/mol. The molecule has 2 aliphatic rings. The minimum absolute atomic E-state index is 0.102. The van der Waals surface area contributed by atoms with Crippen LogP contribution in [0.5, 0.6) is 0 Å². The van der Waals surface area contributed by atoms with E-state index in [1.807, 2.05) is 56.6 Å². The minimum atomic E-state index is -4.26.